The fourth-order valence-corrected chi connectivity index (χ4v) is 7.18. The summed E-state index contributed by atoms with van der Waals surface area (Å²) < 4.78 is 18.9. The van der Waals surface area contributed by atoms with Crippen molar-refractivity contribution in [3.05, 3.63) is 67.0 Å². The van der Waals surface area contributed by atoms with Crippen molar-refractivity contribution in [2.45, 2.75) is 69.7 Å². The van der Waals surface area contributed by atoms with Crippen LogP contribution in [-0.2, 0) is 25.6 Å². The van der Waals surface area contributed by atoms with Gasteiger partial charge in [-0.1, -0.05) is 43.8 Å². The Labute approximate surface area is 305 Å². The van der Waals surface area contributed by atoms with Crippen molar-refractivity contribution < 1.29 is 34.0 Å². The predicted molar refractivity (Wildman–Crippen MR) is 195 cm³/mol. The van der Waals surface area contributed by atoms with Crippen molar-refractivity contribution in [2.75, 3.05) is 52.8 Å². The van der Waals surface area contributed by atoms with Gasteiger partial charge in [-0.2, -0.15) is 0 Å². The van der Waals surface area contributed by atoms with E-state index in [9.17, 15) is 19.8 Å². The van der Waals surface area contributed by atoms with E-state index in [1.165, 1.54) is 25.8 Å². The number of benzene rings is 1. The monoisotopic (exact) mass is 724 g/mol. The number of thioether (sulfide) groups is 1. The zero-order chi connectivity index (χ0) is 36.9. The van der Waals surface area contributed by atoms with Crippen LogP contribution in [-0.4, -0.2) is 123 Å². The normalized spacial score (nSPS) is 22.6. The number of rotatable bonds is 10. The lowest BCUT2D eigenvalue weighted by Crippen LogP contribution is -2.51. The zero-order valence-electron chi connectivity index (χ0n) is 30.3. The third-order valence-corrected chi connectivity index (χ3v) is 10.2. The number of aliphatic hydroxyl groups excluding tert-OH is 2. The van der Waals surface area contributed by atoms with E-state index >= 15 is 0 Å². The van der Waals surface area contributed by atoms with E-state index in [0.29, 0.717) is 49.3 Å². The maximum absolute atomic E-state index is 14.6. The first-order valence-corrected chi connectivity index (χ1v) is 18.3. The lowest BCUT2D eigenvalue weighted by atomic mass is 9.82. The van der Waals surface area contributed by atoms with Crippen molar-refractivity contribution in [3.63, 3.8) is 0 Å². The molecule has 13 nitrogen and oxygen atoms in total. The summed E-state index contributed by atoms with van der Waals surface area (Å²) in [6.45, 7) is 11.0. The van der Waals surface area contributed by atoms with Crippen LogP contribution < -0.4 is 4.74 Å². The molecule has 1 aromatic carbocycles. The highest BCUT2D eigenvalue weighted by Gasteiger charge is 2.38. The van der Waals surface area contributed by atoms with E-state index in [1.807, 2.05) is 45.9 Å². The summed E-state index contributed by atoms with van der Waals surface area (Å²) in [4.78, 5) is 35.6. The van der Waals surface area contributed by atoms with Gasteiger partial charge in [-0.3, -0.25) is 19.1 Å². The minimum atomic E-state index is -1.27. The largest absolute Gasteiger partial charge is 0.497 e. The van der Waals surface area contributed by atoms with Crippen LogP contribution in [0.25, 0.3) is 11.4 Å². The number of ether oxygens (including phenoxy) is 3. The van der Waals surface area contributed by atoms with Crippen molar-refractivity contribution in [3.8, 4) is 17.1 Å². The van der Waals surface area contributed by atoms with Crippen molar-refractivity contribution in [1.82, 2.24) is 29.5 Å². The SMILES string of the molecule is C=CCn1c(SCC(=O)N2CCCCOC[C@H](O)[C@H](O)[C@@H](OC)CN(C(C)=O)C[C@H](C(C)C)[C@H]2c2cccc(OC)c2)nnc1-c1cccnc1. The van der Waals surface area contributed by atoms with Gasteiger partial charge in [0.1, 0.15) is 24.1 Å². The standard InChI is InChI=1S/C37H52N6O7S/c1-7-16-43-36(28-13-11-15-38-20-28)39-40-37(43)51-24-33(46)42-17-8-9-18-50-23-31(45)35(47)32(49-6)22-41(26(4)44)21-30(25(2)3)34(42)27-12-10-14-29(19-27)48-5/h7,10-15,19-20,25,30-32,34-35,45,47H,1,8-9,16-18,21-24H2,2-6H3/t30-,31+,32+,34-,35+/m1/s1. The second-order valence-corrected chi connectivity index (χ2v) is 13.9. The average molecular weight is 725 g/mol. The van der Waals surface area contributed by atoms with E-state index in [-0.39, 0.29) is 49.1 Å². The first-order chi connectivity index (χ1) is 24.6. The second kappa shape index (κ2) is 19.7. The Kier molecular flexibility index (Phi) is 15.4. The number of carbonyl (C=O) groups excluding carboxylic acids is 2. The van der Waals surface area contributed by atoms with Crippen molar-refractivity contribution in [2.24, 2.45) is 11.8 Å². The summed E-state index contributed by atoms with van der Waals surface area (Å²) >= 11 is 1.31. The molecule has 14 heteroatoms. The molecular weight excluding hydrogens is 673 g/mol. The highest BCUT2D eigenvalue weighted by Crippen LogP contribution is 2.37. The fourth-order valence-electron chi connectivity index (χ4n) is 6.35. The number of hydrogen-bond donors (Lipinski definition) is 2. The molecule has 4 rings (SSSR count). The van der Waals surface area contributed by atoms with E-state index in [4.69, 9.17) is 14.2 Å². The Hall–Kier alpha value is -3.82. The van der Waals surface area contributed by atoms with Gasteiger partial charge in [0.25, 0.3) is 0 Å². The Bertz CT molecular complexity index is 1560. The molecule has 1 aliphatic rings. The summed E-state index contributed by atoms with van der Waals surface area (Å²) in [6.07, 6.45) is 3.09. The van der Waals surface area contributed by atoms with Crippen LogP contribution in [0.3, 0.4) is 0 Å². The molecule has 2 amide bonds. The van der Waals surface area contributed by atoms with Crippen LogP contribution in [0.2, 0.25) is 0 Å². The zero-order valence-corrected chi connectivity index (χ0v) is 31.1. The van der Waals surface area contributed by atoms with Crippen molar-refractivity contribution >= 4 is 23.6 Å². The van der Waals surface area contributed by atoms with E-state index in [1.54, 1.807) is 30.5 Å². The number of allylic oxidation sites excluding steroid dienone is 1. The van der Waals surface area contributed by atoms with E-state index < -0.39 is 24.4 Å². The Morgan fingerprint density at radius 1 is 1.14 bits per heavy atom. The molecule has 1 aliphatic heterocycles. The van der Waals surface area contributed by atoms with Crippen LogP contribution in [0, 0.1) is 11.8 Å². The Morgan fingerprint density at radius 2 is 1.94 bits per heavy atom. The number of methoxy groups -OCH3 is 2. The quantitative estimate of drug-likeness (QED) is 0.232. The molecule has 0 bridgehead atoms. The van der Waals surface area contributed by atoms with E-state index in [0.717, 1.165) is 11.1 Å². The maximum atomic E-state index is 14.6. The second-order valence-electron chi connectivity index (χ2n) is 13.0. The minimum absolute atomic E-state index is 0.0132. The third kappa shape index (κ3) is 10.6. The van der Waals surface area contributed by atoms with Crippen LogP contribution >= 0.6 is 11.8 Å². The van der Waals surface area contributed by atoms with Gasteiger partial charge < -0.3 is 34.2 Å². The fraction of sp³-hybridized carbons (Fsp3) is 0.541. The van der Waals surface area contributed by atoms with Crippen molar-refractivity contribution in [1.29, 1.82) is 0 Å². The van der Waals surface area contributed by atoms with Gasteiger partial charge in [-0.15, -0.1) is 16.8 Å². The molecule has 278 valence electrons. The van der Waals surface area contributed by atoms with Gasteiger partial charge in [0.2, 0.25) is 11.8 Å². The van der Waals surface area contributed by atoms with Crippen LogP contribution in [0.4, 0.5) is 0 Å². The molecule has 0 spiro atoms. The molecule has 0 saturated carbocycles. The smallest absolute Gasteiger partial charge is 0.233 e. The third-order valence-electron chi connectivity index (χ3n) is 9.21. The maximum Gasteiger partial charge on any atom is 0.233 e. The number of hydrogen-bond acceptors (Lipinski definition) is 11. The number of pyridine rings is 1. The molecule has 3 aromatic rings. The number of aliphatic hydroxyl groups is 2. The van der Waals surface area contributed by atoms with Gasteiger partial charge >= 0.3 is 0 Å². The molecule has 3 heterocycles. The molecule has 1 saturated heterocycles. The summed E-state index contributed by atoms with van der Waals surface area (Å²) in [7, 11) is 3.05. The Balaban J connectivity index is 1.75. The molecule has 0 radical (unpaired) electrons. The first-order valence-electron chi connectivity index (χ1n) is 17.3. The number of carbonyl (C=O) groups is 2. The lowest BCUT2D eigenvalue weighted by Gasteiger charge is -2.42. The van der Waals surface area contributed by atoms with Gasteiger partial charge in [0.15, 0.2) is 11.0 Å². The molecule has 2 aromatic heterocycles. The molecule has 0 unspecified atom stereocenters. The first kappa shape index (κ1) is 40.0. The number of aromatic nitrogens is 4. The minimum Gasteiger partial charge on any atom is -0.497 e. The van der Waals surface area contributed by atoms with Crippen LogP contribution in [0.1, 0.15) is 45.2 Å². The van der Waals surface area contributed by atoms with Gasteiger partial charge in [0, 0.05) is 70.7 Å². The highest BCUT2D eigenvalue weighted by molar-refractivity contribution is 7.99. The molecule has 51 heavy (non-hydrogen) atoms. The summed E-state index contributed by atoms with van der Waals surface area (Å²) in [5, 5.41) is 31.1. The summed E-state index contributed by atoms with van der Waals surface area (Å²) in [5.41, 5.74) is 1.68. The highest BCUT2D eigenvalue weighted by atomic mass is 32.2. The molecule has 1 fully saturated rings. The predicted octanol–water partition coefficient (Wildman–Crippen LogP) is 3.86. The van der Waals surface area contributed by atoms with Gasteiger partial charge in [0.05, 0.1) is 25.5 Å². The summed E-state index contributed by atoms with van der Waals surface area (Å²) in [6, 6.07) is 11.0. The van der Waals surface area contributed by atoms with Crippen LogP contribution in [0.5, 0.6) is 5.75 Å². The summed E-state index contributed by atoms with van der Waals surface area (Å²) in [5.74, 6) is 0.835. The van der Waals surface area contributed by atoms with E-state index in [2.05, 4.69) is 35.6 Å². The molecule has 0 aliphatic carbocycles. The van der Waals surface area contributed by atoms with Gasteiger partial charge in [-0.05, 0) is 48.6 Å². The molecule has 2 N–H and O–H groups in total. The lowest BCUT2D eigenvalue weighted by molar-refractivity contribution is -0.139. The Morgan fingerprint density at radius 3 is 2.61 bits per heavy atom. The average Bonchev–Trinajstić information content (AvgIpc) is 3.53. The van der Waals surface area contributed by atoms with Gasteiger partial charge in [-0.25, -0.2) is 0 Å². The molecular formula is C37H52N6O7S. The van der Waals surface area contributed by atoms with Crippen LogP contribution in [0.15, 0.2) is 66.6 Å². The molecule has 5 atom stereocenters. The number of nitrogens with zero attached hydrogens (tertiary/aromatic N) is 6. The number of amides is 2. The topological polar surface area (TPSA) is 152 Å².